The van der Waals surface area contributed by atoms with Crippen molar-refractivity contribution in [2.75, 3.05) is 6.54 Å². The lowest BCUT2D eigenvalue weighted by atomic mass is 10.2. The Balaban J connectivity index is 2.47. The van der Waals surface area contributed by atoms with Gasteiger partial charge in [-0.2, -0.15) is 0 Å². The summed E-state index contributed by atoms with van der Waals surface area (Å²) in [4.78, 5) is 9.77. The van der Waals surface area contributed by atoms with Crippen molar-refractivity contribution in [2.45, 2.75) is 18.4 Å². The van der Waals surface area contributed by atoms with Gasteiger partial charge in [0, 0.05) is 6.42 Å². The van der Waals surface area contributed by atoms with E-state index in [0.717, 1.165) is 0 Å². The van der Waals surface area contributed by atoms with Crippen molar-refractivity contribution >= 4 is 6.29 Å². The lowest BCUT2D eigenvalue weighted by Gasteiger charge is -2.02. The van der Waals surface area contributed by atoms with E-state index in [-0.39, 0.29) is 0 Å². The van der Waals surface area contributed by atoms with Crippen LogP contribution in [-0.2, 0) is 4.79 Å². The second kappa shape index (κ2) is 2.02. The van der Waals surface area contributed by atoms with E-state index < -0.39 is 24.9 Å². The molecule has 0 aromatic rings. The van der Waals surface area contributed by atoms with Gasteiger partial charge in [-0.15, -0.1) is 0 Å². The molecule has 0 saturated carbocycles. The second-order valence-corrected chi connectivity index (χ2v) is 2.11. The first-order valence-corrected chi connectivity index (χ1v) is 2.63. The number of rotatable bonds is 1. The van der Waals surface area contributed by atoms with Crippen molar-refractivity contribution in [3.63, 3.8) is 0 Å². The summed E-state index contributed by atoms with van der Waals surface area (Å²) in [5.41, 5.74) is 0. The first-order valence-electron chi connectivity index (χ1n) is 2.63. The van der Waals surface area contributed by atoms with Crippen LogP contribution in [0, 0.1) is 0 Å². The van der Waals surface area contributed by atoms with Crippen LogP contribution in [-0.4, -0.2) is 24.8 Å². The number of hydrogen-bond donors (Lipinski definition) is 1. The average molecular weight is 134 g/mol. The predicted octanol–water partition coefficient (Wildman–Crippen LogP) is 0.0933. The van der Waals surface area contributed by atoms with Crippen LogP contribution in [0.5, 0.6) is 0 Å². The minimum Gasteiger partial charge on any atom is -0.301 e. The monoisotopic (exact) mass is 134 g/mol. The maximum atomic E-state index is 12.1. The van der Waals surface area contributed by atoms with Crippen LogP contribution in [0.2, 0.25) is 0 Å². The minimum absolute atomic E-state index is 0.396. The fourth-order valence-corrected chi connectivity index (χ4v) is 0.799. The highest BCUT2D eigenvalue weighted by atomic mass is 19.3. The van der Waals surface area contributed by atoms with Gasteiger partial charge >= 0.3 is 0 Å². The van der Waals surface area contributed by atoms with Crippen LogP contribution in [0.4, 0.5) is 8.78 Å². The molecule has 0 bridgehead atoms. The maximum absolute atomic E-state index is 12.1. The molecule has 1 atom stereocenters. The Morgan fingerprint density at radius 1 is 1.67 bits per heavy atom. The van der Waals surface area contributed by atoms with Crippen LogP contribution in [0.1, 0.15) is 6.42 Å². The molecular formula is C5H6F2NO. The fraction of sp³-hybridized carbons (Fsp3) is 0.800. The Labute approximate surface area is 51.2 Å². The second-order valence-electron chi connectivity index (χ2n) is 2.11. The summed E-state index contributed by atoms with van der Waals surface area (Å²) in [6, 6.07) is -0.764. The molecule has 1 rings (SSSR count). The largest absolute Gasteiger partial charge is 0.301 e. The smallest absolute Gasteiger partial charge is 0.262 e. The first-order chi connectivity index (χ1) is 4.14. The molecule has 1 saturated heterocycles. The maximum Gasteiger partial charge on any atom is 0.262 e. The van der Waals surface area contributed by atoms with Gasteiger partial charge in [-0.25, -0.2) is 8.78 Å². The van der Waals surface area contributed by atoms with Gasteiger partial charge in [-0.1, -0.05) is 0 Å². The Morgan fingerprint density at radius 3 is 2.56 bits per heavy atom. The molecule has 1 aliphatic rings. The van der Waals surface area contributed by atoms with Gasteiger partial charge in [0.05, 0.1) is 12.6 Å². The van der Waals surface area contributed by atoms with Crippen molar-refractivity contribution in [1.29, 1.82) is 0 Å². The SMILES string of the molecule is O=[C]C1CC(F)(F)CN1. The summed E-state index contributed by atoms with van der Waals surface area (Å²) in [6.45, 7) is -0.396. The van der Waals surface area contributed by atoms with Gasteiger partial charge in [0.2, 0.25) is 6.29 Å². The molecule has 0 spiro atoms. The molecular weight excluding hydrogens is 128 g/mol. The average Bonchev–Trinajstić information content (AvgIpc) is 2.10. The Hall–Kier alpha value is -0.510. The quantitative estimate of drug-likeness (QED) is 0.550. The van der Waals surface area contributed by atoms with E-state index in [2.05, 4.69) is 5.32 Å². The third kappa shape index (κ3) is 1.45. The van der Waals surface area contributed by atoms with E-state index >= 15 is 0 Å². The zero-order chi connectivity index (χ0) is 6.91. The molecule has 1 fully saturated rings. The number of carbonyl (C=O) groups excluding carboxylic acids is 1. The number of alkyl halides is 2. The Bertz CT molecular complexity index is 126. The van der Waals surface area contributed by atoms with Crippen molar-refractivity contribution < 1.29 is 13.6 Å². The topological polar surface area (TPSA) is 29.1 Å². The van der Waals surface area contributed by atoms with E-state index in [1.54, 1.807) is 0 Å². The molecule has 1 N–H and O–H groups in total. The standard InChI is InChI=1S/C5H6F2NO/c6-5(7)1-4(2-9)8-3-5/h4,8H,1,3H2. The third-order valence-corrected chi connectivity index (χ3v) is 1.25. The van der Waals surface area contributed by atoms with Gasteiger partial charge < -0.3 is 5.32 Å². The molecule has 1 radical (unpaired) electrons. The molecule has 2 nitrogen and oxygen atoms in total. The number of nitrogens with one attached hydrogen (secondary N) is 1. The molecule has 4 heteroatoms. The molecule has 0 aromatic carbocycles. The molecule has 1 aliphatic heterocycles. The number of hydrogen-bond acceptors (Lipinski definition) is 2. The van der Waals surface area contributed by atoms with Gasteiger partial charge in [0.15, 0.2) is 0 Å². The van der Waals surface area contributed by atoms with Crippen molar-refractivity contribution in [3.8, 4) is 0 Å². The molecule has 0 aromatic heterocycles. The summed E-state index contributed by atoms with van der Waals surface area (Å²) < 4.78 is 24.3. The number of halogens is 2. The summed E-state index contributed by atoms with van der Waals surface area (Å²) in [7, 11) is 0. The van der Waals surface area contributed by atoms with E-state index in [9.17, 15) is 13.6 Å². The van der Waals surface area contributed by atoms with Crippen molar-refractivity contribution in [2.24, 2.45) is 0 Å². The highest BCUT2D eigenvalue weighted by molar-refractivity contribution is 5.59. The van der Waals surface area contributed by atoms with Crippen LogP contribution in [0.25, 0.3) is 0 Å². The zero-order valence-corrected chi connectivity index (χ0v) is 4.66. The highest BCUT2D eigenvalue weighted by Gasteiger charge is 2.39. The molecule has 1 unspecified atom stereocenters. The van der Waals surface area contributed by atoms with Crippen LogP contribution < -0.4 is 5.32 Å². The third-order valence-electron chi connectivity index (χ3n) is 1.25. The fourth-order valence-electron chi connectivity index (χ4n) is 0.799. The van der Waals surface area contributed by atoms with Gasteiger partial charge in [0.1, 0.15) is 0 Å². The van der Waals surface area contributed by atoms with Crippen LogP contribution in [0.3, 0.4) is 0 Å². The van der Waals surface area contributed by atoms with Gasteiger partial charge in [0.25, 0.3) is 5.92 Å². The van der Waals surface area contributed by atoms with Gasteiger partial charge in [-0.3, -0.25) is 4.79 Å². The molecule has 0 aliphatic carbocycles. The predicted molar refractivity (Wildman–Crippen MR) is 27.0 cm³/mol. The zero-order valence-electron chi connectivity index (χ0n) is 4.66. The summed E-state index contributed by atoms with van der Waals surface area (Å²) >= 11 is 0. The molecule has 51 valence electrons. The van der Waals surface area contributed by atoms with E-state index in [1.807, 2.05) is 0 Å². The molecule has 0 amide bonds. The highest BCUT2D eigenvalue weighted by Crippen LogP contribution is 2.23. The molecule has 1 heterocycles. The summed E-state index contributed by atoms with van der Waals surface area (Å²) in [6.07, 6.45) is 1.07. The van der Waals surface area contributed by atoms with Gasteiger partial charge in [-0.05, 0) is 0 Å². The Kier molecular flexibility index (Phi) is 1.48. The first kappa shape index (κ1) is 6.61. The summed E-state index contributed by atoms with van der Waals surface area (Å²) in [5, 5.41) is 2.32. The lowest BCUT2D eigenvalue weighted by molar-refractivity contribution is 0.0225. The van der Waals surface area contributed by atoms with Crippen molar-refractivity contribution in [1.82, 2.24) is 5.32 Å². The Morgan fingerprint density at radius 2 is 2.33 bits per heavy atom. The minimum atomic E-state index is -2.71. The van der Waals surface area contributed by atoms with E-state index in [4.69, 9.17) is 0 Å². The van der Waals surface area contributed by atoms with E-state index in [0.29, 0.717) is 0 Å². The van der Waals surface area contributed by atoms with Crippen LogP contribution >= 0.6 is 0 Å². The summed E-state index contributed by atoms with van der Waals surface area (Å²) in [5.74, 6) is -2.71. The lowest BCUT2D eigenvalue weighted by Crippen LogP contribution is -2.22. The normalized spacial score (nSPS) is 32.4. The van der Waals surface area contributed by atoms with Crippen LogP contribution in [0.15, 0.2) is 0 Å². The molecule has 9 heavy (non-hydrogen) atoms. The van der Waals surface area contributed by atoms with Crippen molar-refractivity contribution in [3.05, 3.63) is 0 Å². The van der Waals surface area contributed by atoms with E-state index in [1.165, 1.54) is 6.29 Å².